The third-order valence-corrected chi connectivity index (χ3v) is 3.52. The number of rotatable bonds is 3. The fourth-order valence-electron chi connectivity index (χ4n) is 2.25. The van der Waals surface area contributed by atoms with Crippen LogP contribution in [-0.2, 0) is 0 Å². The van der Waals surface area contributed by atoms with Gasteiger partial charge in [-0.2, -0.15) is 0 Å². The van der Waals surface area contributed by atoms with Crippen molar-refractivity contribution in [1.29, 1.82) is 0 Å². The maximum Gasteiger partial charge on any atom is 0.320 e. The molecule has 1 aliphatic rings. The first-order valence-corrected chi connectivity index (χ1v) is 5.93. The lowest BCUT2D eigenvalue weighted by Crippen LogP contribution is -2.35. The summed E-state index contributed by atoms with van der Waals surface area (Å²) in [7, 11) is 1.82. The molecule has 2 N–H and O–H groups in total. The molecule has 0 bridgehead atoms. The molecule has 0 saturated carbocycles. The van der Waals surface area contributed by atoms with Crippen molar-refractivity contribution >= 4 is 6.03 Å². The summed E-state index contributed by atoms with van der Waals surface area (Å²) in [5.41, 5.74) is 6.83. The number of likely N-dealkylation sites (N-methyl/N-ethyl adjacent to an activating group) is 1. The number of amides is 2. The smallest absolute Gasteiger partial charge is 0.320 e. The highest BCUT2D eigenvalue weighted by Crippen LogP contribution is 2.26. The van der Waals surface area contributed by atoms with E-state index in [0.717, 1.165) is 5.56 Å². The zero-order valence-electron chi connectivity index (χ0n) is 10.3. The van der Waals surface area contributed by atoms with Crippen LogP contribution in [-0.4, -0.2) is 42.0 Å². The summed E-state index contributed by atoms with van der Waals surface area (Å²) in [5.74, 6) is 0. The van der Waals surface area contributed by atoms with Gasteiger partial charge < -0.3 is 15.5 Å². The summed E-state index contributed by atoms with van der Waals surface area (Å²) in [5, 5.41) is 0. The van der Waals surface area contributed by atoms with E-state index in [1.165, 1.54) is 0 Å². The van der Waals surface area contributed by atoms with E-state index in [1.54, 1.807) is 4.90 Å². The lowest BCUT2D eigenvalue weighted by atomic mass is 10.1. The molecule has 2 unspecified atom stereocenters. The maximum absolute atomic E-state index is 12.1. The summed E-state index contributed by atoms with van der Waals surface area (Å²) in [6.07, 6.45) is 0. The van der Waals surface area contributed by atoms with Gasteiger partial charge in [-0.25, -0.2) is 4.79 Å². The molecular weight excluding hydrogens is 214 g/mol. The van der Waals surface area contributed by atoms with Crippen molar-refractivity contribution < 1.29 is 4.79 Å². The monoisotopic (exact) mass is 233 g/mol. The van der Waals surface area contributed by atoms with Crippen LogP contribution < -0.4 is 5.73 Å². The summed E-state index contributed by atoms with van der Waals surface area (Å²) in [6.45, 7) is 3.28. The Kier molecular flexibility index (Phi) is 3.33. The van der Waals surface area contributed by atoms with Crippen molar-refractivity contribution in [3.8, 4) is 0 Å². The van der Waals surface area contributed by atoms with E-state index in [-0.39, 0.29) is 18.1 Å². The highest BCUT2D eigenvalue weighted by molar-refractivity contribution is 5.77. The van der Waals surface area contributed by atoms with Crippen LogP contribution in [0.15, 0.2) is 30.3 Å². The van der Waals surface area contributed by atoms with Crippen molar-refractivity contribution in [2.45, 2.75) is 19.0 Å². The average molecular weight is 233 g/mol. The molecule has 0 spiro atoms. The predicted molar refractivity (Wildman–Crippen MR) is 67.6 cm³/mol. The van der Waals surface area contributed by atoms with E-state index in [9.17, 15) is 4.79 Å². The second-order valence-corrected chi connectivity index (χ2v) is 4.52. The predicted octanol–water partition coefficient (Wildman–Crippen LogP) is 1.44. The lowest BCUT2D eigenvalue weighted by Gasteiger charge is -2.24. The van der Waals surface area contributed by atoms with Crippen LogP contribution >= 0.6 is 0 Å². The van der Waals surface area contributed by atoms with Gasteiger partial charge in [0.1, 0.15) is 0 Å². The van der Waals surface area contributed by atoms with Crippen molar-refractivity contribution in [2.24, 2.45) is 5.73 Å². The molecular formula is C13H19N3O. The van der Waals surface area contributed by atoms with Crippen LogP contribution in [0.5, 0.6) is 0 Å². The molecule has 1 aromatic carbocycles. The van der Waals surface area contributed by atoms with Gasteiger partial charge in [-0.15, -0.1) is 0 Å². The van der Waals surface area contributed by atoms with Crippen molar-refractivity contribution in [1.82, 2.24) is 9.80 Å². The largest absolute Gasteiger partial charge is 0.328 e. The van der Waals surface area contributed by atoms with Gasteiger partial charge in [-0.1, -0.05) is 30.3 Å². The number of carbonyl (C=O) groups is 1. The molecule has 1 saturated heterocycles. The second kappa shape index (κ2) is 4.75. The highest BCUT2D eigenvalue weighted by atomic mass is 16.2. The Morgan fingerprint density at radius 3 is 2.59 bits per heavy atom. The van der Waals surface area contributed by atoms with Gasteiger partial charge in [0.25, 0.3) is 0 Å². The maximum atomic E-state index is 12.1. The van der Waals surface area contributed by atoms with Gasteiger partial charge in [0, 0.05) is 20.1 Å². The Labute approximate surface area is 102 Å². The van der Waals surface area contributed by atoms with Gasteiger partial charge in [0.15, 0.2) is 0 Å². The highest BCUT2D eigenvalue weighted by Gasteiger charge is 2.36. The molecule has 17 heavy (non-hydrogen) atoms. The minimum atomic E-state index is 0.0665. The topological polar surface area (TPSA) is 49.6 Å². The Morgan fingerprint density at radius 1 is 1.41 bits per heavy atom. The standard InChI is InChI=1S/C13H19N3O/c1-10(11-6-4-3-5-7-11)16-9-12(8-14)15(2)13(16)17/h3-7,10,12H,8-9,14H2,1-2H3. The second-order valence-electron chi connectivity index (χ2n) is 4.52. The first-order valence-electron chi connectivity index (χ1n) is 5.93. The average Bonchev–Trinajstić information content (AvgIpc) is 2.66. The van der Waals surface area contributed by atoms with Crippen LogP contribution in [0.25, 0.3) is 0 Å². The first-order chi connectivity index (χ1) is 8.15. The molecule has 2 amide bonds. The molecule has 92 valence electrons. The Hall–Kier alpha value is -1.55. The molecule has 0 radical (unpaired) electrons. The molecule has 1 aromatic rings. The summed E-state index contributed by atoms with van der Waals surface area (Å²) in [6, 6.07) is 10.4. The van der Waals surface area contributed by atoms with E-state index in [4.69, 9.17) is 5.73 Å². The molecule has 4 heteroatoms. The molecule has 2 rings (SSSR count). The number of hydrogen-bond acceptors (Lipinski definition) is 2. The fourth-order valence-corrected chi connectivity index (χ4v) is 2.25. The van der Waals surface area contributed by atoms with Crippen LogP contribution in [0, 0.1) is 0 Å². The van der Waals surface area contributed by atoms with E-state index in [0.29, 0.717) is 13.1 Å². The number of benzene rings is 1. The Balaban J connectivity index is 2.16. The minimum absolute atomic E-state index is 0.0665. The third kappa shape index (κ3) is 2.13. The minimum Gasteiger partial charge on any atom is -0.328 e. The fraction of sp³-hybridized carbons (Fsp3) is 0.462. The van der Waals surface area contributed by atoms with Crippen LogP contribution in [0.4, 0.5) is 4.79 Å². The Bertz CT molecular complexity index is 393. The normalized spacial score (nSPS) is 22.1. The molecule has 2 atom stereocenters. The van der Waals surface area contributed by atoms with Gasteiger partial charge in [0.05, 0.1) is 12.1 Å². The Morgan fingerprint density at radius 2 is 2.06 bits per heavy atom. The number of urea groups is 1. The van der Waals surface area contributed by atoms with E-state index >= 15 is 0 Å². The van der Waals surface area contributed by atoms with Gasteiger partial charge in [0.2, 0.25) is 0 Å². The lowest BCUT2D eigenvalue weighted by molar-refractivity contribution is 0.184. The van der Waals surface area contributed by atoms with Crippen molar-refractivity contribution in [3.63, 3.8) is 0 Å². The van der Waals surface area contributed by atoms with E-state index in [2.05, 4.69) is 6.92 Å². The summed E-state index contributed by atoms with van der Waals surface area (Å²) in [4.78, 5) is 15.7. The third-order valence-electron chi connectivity index (χ3n) is 3.52. The first kappa shape index (κ1) is 11.9. The summed E-state index contributed by atoms with van der Waals surface area (Å²) < 4.78 is 0. The van der Waals surface area contributed by atoms with Crippen LogP contribution in [0.1, 0.15) is 18.5 Å². The molecule has 0 aromatic heterocycles. The van der Waals surface area contributed by atoms with Gasteiger partial charge >= 0.3 is 6.03 Å². The quantitative estimate of drug-likeness (QED) is 0.859. The van der Waals surface area contributed by atoms with E-state index < -0.39 is 0 Å². The number of nitrogens with zero attached hydrogens (tertiary/aromatic N) is 2. The van der Waals surface area contributed by atoms with Gasteiger partial charge in [-0.3, -0.25) is 0 Å². The van der Waals surface area contributed by atoms with Crippen molar-refractivity contribution in [2.75, 3.05) is 20.1 Å². The number of hydrogen-bond donors (Lipinski definition) is 1. The zero-order valence-corrected chi connectivity index (χ0v) is 10.3. The zero-order chi connectivity index (χ0) is 12.4. The van der Waals surface area contributed by atoms with Crippen LogP contribution in [0.3, 0.4) is 0 Å². The molecule has 1 aliphatic heterocycles. The molecule has 1 heterocycles. The van der Waals surface area contributed by atoms with Gasteiger partial charge in [-0.05, 0) is 12.5 Å². The number of carbonyl (C=O) groups excluding carboxylic acids is 1. The molecule has 0 aliphatic carbocycles. The summed E-state index contributed by atoms with van der Waals surface area (Å²) >= 11 is 0. The van der Waals surface area contributed by atoms with Crippen LogP contribution in [0.2, 0.25) is 0 Å². The SMILES string of the molecule is CC(c1ccccc1)N1CC(CN)N(C)C1=O. The molecule has 4 nitrogen and oxygen atoms in total. The number of nitrogens with two attached hydrogens (primary N) is 1. The van der Waals surface area contributed by atoms with Crippen molar-refractivity contribution in [3.05, 3.63) is 35.9 Å². The van der Waals surface area contributed by atoms with E-state index in [1.807, 2.05) is 42.3 Å². The molecule has 1 fully saturated rings.